The van der Waals surface area contributed by atoms with E-state index in [1.54, 1.807) is 6.07 Å². The van der Waals surface area contributed by atoms with Gasteiger partial charge in [-0.1, -0.05) is 26.7 Å². The molecule has 162 valence electrons. The van der Waals surface area contributed by atoms with Crippen molar-refractivity contribution in [2.75, 3.05) is 19.8 Å². The first-order valence-electron chi connectivity index (χ1n) is 10.5. The SMILES string of the molecule is CC(C)CCCC(C)NC(=O)C1CCCN1S(=O)(=O)c1ccc2c(c1)OCCO2. The number of benzene rings is 1. The Hall–Kier alpha value is -1.80. The molecule has 2 unspecified atom stereocenters. The maximum absolute atomic E-state index is 13.2. The summed E-state index contributed by atoms with van der Waals surface area (Å²) in [5.41, 5.74) is 0. The van der Waals surface area contributed by atoms with Crippen LogP contribution in [0, 0.1) is 5.92 Å². The van der Waals surface area contributed by atoms with E-state index in [4.69, 9.17) is 9.47 Å². The van der Waals surface area contributed by atoms with Gasteiger partial charge in [0.2, 0.25) is 15.9 Å². The van der Waals surface area contributed by atoms with Crippen molar-refractivity contribution >= 4 is 15.9 Å². The molecule has 1 aromatic rings. The number of fused-ring (bicyclic) bond motifs is 1. The van der Waals surface area contributed by atoms with Gasteiger partial charge < -0.3 is 14.8 Å². The zero-order valence-corrected chi connectivity index (χ0v) is 18.3. The van der Waals surface area contributed by atoms with Crippen LogP contribution < -0.4 is 14.8 Å². The molecule has 29 heavy (non-hydrogen) atoms. The van der Waals surface area contributed by atoms with Crippen LogP contribution in [0.2, 0.25) is 0 Å². The van der Waals surface area contributed by atoms with Gasteiger partial charge in [0, 0.05) is 18.7 Å². The molecule has 0 saturated carbocycles. The van der Waals surface area contributed by atoms with Crippen LogP contribution in [0.25, 0.3) is 0 Å². The highest BCUT2D eigenvalue weighted by Gasteiger charge is 2.40. The van der Waals surface area contributed by atoms with Gasteiger partial charge in [-0.15, -0.1) is 0 Å². The molecular formula is C21H32N2O5S. The van der Waals surface area contributed by atoms with Gasteiger partial charge in [-0.3, -0.25) is 4.79 Å². The number of nitrogens with one attached hydrogen (secondary N) is 1. The van der Waals surface area contributed by atoms with Gasteiger partial charge in [0.15, 0.2) is 11.5 Å². The van der Waals surface area contributed by atoms with Gasteiger partial charge in [-0.2, -0.15) is 4.31 Å². The highest BCUT2D eigenvalue weighted by molar-refractivity contribution is 7.89. The van der Waals surface area contributed by atoms with Gasteiger partial charge in [0.1, 0.15) is 19.3 Å². The maximum atomic E-state index is 13.2. The molecule has 2 heterocycles. The summed E-state index contributed by atoms with van der Waals surface area (Å²) in [6, 6.07) is 3.99. The minimum Gasteiger partial charge on any atom is -0.486 e. The first kappa shape index (κ1) is 21.9. The highest BCUT2D eigenvalue weighted by atomic mass is 32.2. The Balaban J connectivity index is 1.68. The zero-order valence-electron chi connectivity index (χ0n) is 17.5. The Kier molecular flexibility index (Phi) is 7.05. The fourth-order valence-corrected chi connectivity index (χ4v) is 5.53. The lowest BCUT2D eigenvalue weighted by Crippen LogP contribution is -2.48. The molecule has 0 bridgehead atoms. The number of amides is 1. The lowest BCUT2D eigenvalue weighted by molar-refractivity contribution is -0.124. The minimum atomic E-state index is -3.79. The average molecular weight is 425 g/mol. The van der Waals surface area contributed by atoms with E-state index >= 15 is 0 Å². The molecule has 0 aliphatic carbocycles. The summed E-state index contributed by atoms with van der Waals surface area (Å²) >= 11 is 0. The van der Waals surface area contributed by atoms with Crippen molar-refractivity contribution < 1.29 is 22.7 Å². The molecule has 1 amide bonds. The van der Waals surface area contributed by atoms with Crippen LogP contribution in [-0.4, -0.2) is 50.5 Å². The van der Waals surface area contributed by atoms with Gasteiger partial charge in [-0.05, 0) is 44.2 Å². The lowest BCUT2D eigenvalue weighted by Gasteiger charge is -2.26. The maximum Gasteiger partial charge on any atom is 0.243 e. The number of carbonyl (C=O) groups is 1. The van der Waals surface area contributed by atoms with Crippen molar-refractivity contribution in [3.8, 4) is 11.5 Å². The van der Waals surface area contributed by atoms with Gasteiger partial charge in [-0.25, -0.2) is 8.42 Å². The van der Waals surface area contributed by atoms with Crippen LogP contribution >= 0.6 is 0 Å². The normalized spacial score (nSPS) is 20.6. The lowest BCUT2D eigenvalue weighted by atomic mass is 10.0. The smallest absolute Gasteiger partial charge is 0.243 e. The van der Waals surface area contributed by atoms with Crippen LogP contribution in [0.4, 0.5) is 0 Å². The molecule has 2 aliphatic rings. The molecule has 2 aliphatic heterocycles. The van der Waals surface area contributed by atoms with Crippen molar-refractivity contribution in [3.05, 3.63) is 18.2 Å². The van der Waals surface area contributed by atoms with E-state index in [1.165, 1.54) is 16.4 Å². The van der Waals surface area contributed by atoms with Crippen LogP contribution in [0.1, 0.15) is 52.9 Å². The molecule has 8 heteroatoms. The number of nitrogens with zero attached hydrogens (tertiary/aromatic N) is 1. The summed E-state index contributed by atoms with van der Waals surface area (Å²) in [4.78, 5) is 12.9. The summed E-state index contributed by atoms with van der Waals surface area (Å²) in [5, 5.41) is 3.01. The number of ether oxygens (including phenoxy) is 2. The van der Waals surface area contributed by atoms with Crippen molar-refractivity contribution in [3.63, 3.8) is 0 Å². The van der Waals surface area contributed by atoms with E-state index in [-0.39, 0.29) is 16.8 Å². The largest absolute Gasteiger partial charge is 0.486 e. The van der Waals surface area contributed by atoms with Crippen molar-refractivity contribution in [1.29, 1.82) is 0 Å². The molecule has 1 saturated heterocycles. The van der Waals surface area contributed by atoms with Crippen LogP contribution in [0.5, 0.6) is 11.5 Å². The van der Waals surface area contributed by atoms with Crippen LogP contribution in [-0.2, 0) is 14.8 Å². The van der Waals surface area contributed by atoms with Crippen molar-refractivity contribution in [2.45, 2.75) is 69.9 Å². The first-order valence-corrected chi connectivity index (χ1v) is 11.9. The number of hydrogen-bond acceptors (Lipinski definition) is 5. The molecular weight excluding hydrogens is 392 g/mol. The first-order chi connectivity index (χ1) is 13.8. The average Bonchev–Trinajstić information content (AvgIpc) is 3.18. The van der Waals surface area contributed by atoms with E-state index < -0.39 is 16.1 Å². The molecule has 3 rings (SSSR count). The Morgan fingerprint density at radius 3 is 2.62 bits per heavy atom. The number of carbonyl (C=O) groups excluding carboxylic acids is 1. The van der Waals surface area contributed by atoms with Crippen molar-refractivity contribution in [2.24, 2.45) is 5.92 Å². The topological polar surface area (TPSA) is 84.9 Å². The number of rotatable bonds is 8. The summed E-state index contributed by atoms with van der Waals surface area (Å²) < 4.78 is 38.7. The predicted molar refractivity (Wildman–Crippen MR) is 111 cm³/mol. The monoisotopic (exact) mass is 424 g/mol. The summed E-state index contributed by atoms with van der Waals surface area (Å²) in [5.74, 6) is 1.40. The minimum absolute atomic E-state index is 0.0284. The standard InChI is InChI=1S/C21H32N2O5S/c1-15(2)6-4-7-16(3)22-21(24)18-8-5-11-23(18)29(25,26)17-9-10-19-20(14-17)28-13-12-27-19/h9-10,14-16,18H,4-8,11-13H2,1-3H3,(H,22,24). The fraction of sp³-hybridized carbons (Fsp3) is 0.667. The Morgan fingerprint density at radius 2 is 1.90 bits per heavy atom. The van der Waals surface area contributed by atoms with Crippen molar-refractivity contribution in [1.82, 2.24) is 9.62 Å². The second-order valence-corrected chi connectivity index (χ2v) is 10.2. The zero-order chi connectivity index (χ0) is 21.0. The number of hydrogen-bond donors (Lipinski definition) is 1. The van der Waals surface area contributed by atoms with E-state index in [2.05, 4.69) is 19.2 Å². The van der Waals surface area contributed by atoms with Gasteiger partial charge in [0.05, 0.1) is 4.90 Å². The molecule has 1 N–H and O–H groups in total. The summed E-state index contributed by atoms with van der Waals surface area (Å²) in [6.45, 7) is 7.52. The van der Waals surface area contributed by atoms with E-state index in [0.717, 1.165) is 19.3 Å². The third-order valence-corrected chi connectivity index (χ3v) is 7.34. The quantitative estimate of drug-likeness (QED) is 0.694. The molecule has 1 aromatic carbocycles. The Morgan fingerprint density at radius 1 is 1.17 bits per heavy atom. The van der Waals surface area contributed by atoms with Gasteiger partial charge in [0.25, 0.3) is 0 Å². The Bertz CT molecular complexity index is 824. The molecule has 2 atom stereocenters. The number of sulfonamides is 1. The molecule has 7 nitrogen and oxygen atoms in total. The van der Waals surface area contributed by atoms with Gasteiger partial charge >= 0.3 is 0 Å². The summed E-state index contributed by atoms with van der Waals surface area (Å²) in [6.07, 6.45) is 4.26. The van der Waals surface area contributed by atoms with E-state index in [0.29, 0.717) is 50.0 Å². The molecule has 0 aromatic heterocycles. The highest BCUT2D eigenvalue weighted by Crippen LogP contribution is 2.34. The molecule has 1 fully saturated rings. The van der Waals surface area contributed by atoms with E-state index in [9.17, 15) is 13.2 Å². The third-order valence-electron chi connectivity index (χ3n) is 5.43. The molecule has 0 spiro atoms. The fourth-order valence-electron chi connectivity index (χ4n) is 3.85. The van der Waals surface area contributed by atoms with E-state index in [1.807, 2.05) is 6.92 Å². The summed E-state index contributed by atoms with van der Waals surface area (Å²) in [7, 11) is -3.79. The second-order valence-electron chi connectivity index (χ2n) is 8.31. The van der Waals surface area contributed by atoms with Crippen LogP contribution in [0.15, 0.2) is 23.1 Å². The predicted octanol–water partition coefficient (Wildman–Crippen LogP) is 2.94. The second kappa shape index (κ2) is 9.34. The van der Waals surface area contributed by atoms with Crippen LogP contribution in [0.3, 0.4) is 0 Å². The molecule has 0 radical (unpaired) electrons. The Labute approximate surface area is 173 Å². The third kappa shape index (κ3) is 5.22.